The number of benzene rings is 2. The molecule has 188 valence electrons. The van der Waals surface area contributed by atoms with Crippen LogP contribution in [0.1, 0.15) is 63.1 Å². The number of rotatable bonds is 7. The summed E-state index contributed by atoms with van der Waals surface area (Å²) in [6.07, 6.45) is 9.96. The van der Waals surface area contributed by atoms with Crippen LogP contribution in [0.25, 0.3) is 11.6 Å². The highest BCUT2D eigenvalue weighted by molar-refractivity contribution is 5.93. The van der Waals surface area contributed by atoms with Crippen LogP contribution in [0.15, 0.2) is 67.0 Å². The third-order valence-corrected chi connectivity index (χ3v) is 5.93. The monoisotopic (exact) mass is 486 g/mol. The van der Waals surface area contributed by atoms with Crippen LogP contribution in [0, 0.1) is 0 Å². The van der Waals surface area contributed by atoms with Gasteiger partial charge in [0, 0.05) is 18.1 Å². The van der Waals surface area contributed by atoms with Crippen LogP contribution in [0.5, 0.6) is 11.5 Å². The summed E-state index contributed by atoms with van der Waals surface area (Å²) >= 11 is 0. The Morgan fingerprint density at radius 3 is 2.25 bits per heavy atom. The van der Waals surface area contributed by atoms with Crippen molar-refractivity contribution in [3.05, 3.63) is 83.7 Å². The number of nitrogens with one attached hydrogen (secondary N) is 1. The first-order valence-electron chi connectivity index (χ1n) is 12.4. The van der Waals surface area contributed by atoms with Gasteiger partial charge >= 0.3 is 6.09 Å². The number of aromatic nitrogens is 1. The Hall–Kier alpha value is -3.80. The summed E-state index contributed by atoms with van der Waals surface area (Å²) in [5, 5.41) is 2.79. The number of carbonyl (C=O) groups excluding carboxylic acids is 1. The van der Waals surface area contributed by atoms with Crippen molar-refractivity contribution in [2.45, 2.75) is 58.2 Å². The molecule has 0 radical (unpaired) electrons. The van der Waals surface area contributed by atoms with Gasteiger partial charge in [-0.2, -0.15) is 0 Å². The molecule has 1 aliphatic rings. The number of pyridine rings is 1. The molecule has 6 nitrogen and oxygen atoms in total. The second-order valence-electron chi connectivity index (χ2n) is 9.93. The van der Waals surface area contributed by atoms with Gasteiger partial charge in [-0.15, -0.1) is 0 Å². The molecule has 1 heterocycles. The average Bonchev–Trinajstić information content (AvgIpc) is 3.36. The minimum absolute atomic E-state index is 0.222. The topological polar surface area (TPSA) is 69.7 Å². The normalized spacial score (nSPS) is 14.4. The highest BCUT2D eigenvalue weighted by Crippen LogP contribution is 2.36. The van der Waals surface area contributed by atoms with E-state index in [0.29, 0.717) is 5.69 Å². The number of carbonyl (C=O) groups is 1. The highest BCUT2D eigenvalue weighted by atomic mass is 16.6. The van der Waals surface area contributed by atoms with Crippen LogP contribution in [0.2, 0.25) is 0 Å². The van der Waals surface area contributed by atoms with Crippen molar-refractivity contribution in [3.8, 4) is 11.5 Å². The molecule has 1 fully saturated rings. The van der Waals surface area contributed by atoms with Crippen molar-refractivity contribution in [1.82, 2.24) is 4.98 Å². The van der Waals surface area contributed by atoms with Gasteiger partial charge in [-0.3, -0.25) is 10.3 Å². The third kappa shape index (κ3) is 6.87. The lowest BCUT2D eigenvalue weighted by molar-refractivity contribution is 0.0636. The summed E-state index contributed by atoms with van der Waals surface area (Å²) in [4.78, 5) is 16.3. The van der Waals surface area contributed by atoms with Gasteiger partial charge in [0.1, 0.15) is 5.60 Å². The molecule has 4 rings (SSSR count). The minimum atomic E-state index is -0.558. The van der Waals surface area contributed by atoms with Gasteiger partial charge in [0.05, 0.1) is 13.2 Å². The number of nitrogens with zero attached hydrogens (tertiary/aromatic N) is 1. The van der Waals surface area contributed by atoms with Crippen LogP contribution < -0.4 is 14.8 Å². The van der Waals surface area contributed by atoms with E-state index in [1.807, 2.05) is 69.3 Å². The van der Waals surface area contributed by atoms with E-state index in [0.717, 1.165) is 46.6 Å². The Balaban J connectivity index is 1.66. The van der Waals surface area contributed by atoms with Crippen LogP contribution in [0.4, 0.5) is 10.5 Å². The number of hydrogen-bond donors (Lipinski definition) is 1. The van der Waals surface area contributed by atoms with E-state index >= 15 is 0 Å². The lowest BCUT2D eigenvalue weighted by Crippen LogP contribution is -2.27. The quantitative estimate of drug-likeness (QED) is 0.378. The van der Waals surface area contributed by atoms with Crippen molar-refractivity contribution in [2.75, 3.05) is 12.4 Å². The van der Waals surface area contributed by atoms with Crippen molar-refractivity contribution in [2.24, 2.45) is 0 Å². The van der Waals surface area contributed by atoms with Crippen molar-refractivity contribution in [3.63, 3.8) is 0 Å². The van der Waals surface area contributed by atoms with E-state index in [4.69, 9.17) is 14.2 Å². The summed E-state index contributed by atoms with van der Waals surface area (Å²) in [6.45, 7) is 5.52. The Morgan fingerprint density at radius 1 is 0.944 bits per heavy atom. The van der Waals surface area contributed by atoms with Gasteiger partial charge in [-0.25, -0.2) is 4.79 Å². The minimum Gasteiger partial charge on any atom is -0.493 e. The Morgan fingerprint density at radius 2 is 1.61 bits per heavy atom. The molecule has 0 unspecified atom stereocenters. The van der Waals surface area contributed by atoms with Gasteiger partial charge in [-0.05, 0) is 111 Å². The number of hydrogen-bond acceptors (Lipinski definition) is 5. The number of anilines is 1. The molecule has 1 amide bonds. The molecule has 0 spiro atoms. The maximum atomic E-state index is 12.2. The molecule has 1 aromatic heterocycles. The van der Waals surface area contributed by atoms with E-state index in [1.165, 1.54) is 12.8 Å². The van der Waals surface area contributed by atoms with Crippen LogP contribution in [-0.2, 0) is 4.74 Å². The van der Waals surface area contributed by atoms with Crippen molar-refractivity contribution in [1.29, 1.82) is 0 Å². The van der Waals surface area contributed by atoms with Crippen molar-refractivity contribution >= 4 is 23.4 Å². The maximum absolute atomic E-state index is 12.2. The van der Waals surface area contributed by atoms with Crippen LogP contribution in [-0.4, -0.2) is 29.9 Å². The smallest absolute Gasteiger partial charge is 0.412 e. The molecule has 2 aromatic carbocycles. The fourth-order valence-corrected chi connectivity index (χ4v) is 4.24. The van der Waals surface area contributed by atoms with Gasteiger partial charge in [-0.1, -0.05) is 18.2 Å². The SMILES string of the molecule is COc1ccc(C(=Cc2ccncc2)c2ccc(NC(=O)OC(C)(C)C)cc2)cc1OC1CCCC1. The first kappa shape index (κ1) is 25.3. The van der Waals surface area contributed by atoms with E-state index in [1.54, 1.807) is 19.5 Å². The summed E-state index contributed by atoms with van der Waals surface area (Å²) in [5.74, 6) is 1.48. The first-order valence-corrected chi connectivity index (χ1v) is 12.4. The molecule has 1 N–H and O–H groups in total. The molecule has 1 aliphatic carbocycles. The fourth-order valence-electron chi connectivity index (χ4n) is 4.24. The summed E-state index contributed by atoms with van der Waals surface area (Å²) in [6, 6.07) is 17.7. The first-order chi connectivity index (χ1) is 17.3. The lowest BCUT2D eigenvalue weighted by Gasteiger charge is -2.20. The molecule has 3 aromatic rings. The predicted octanol–water partition coefficient (Wildman–Crippen LogP) is 7.35. The molecule has 1 saturated carbocycles. The summed E-state index contributed by atoms with van der Waals surface area (Å²) in [5.41, 5.74) is 4.16. The number of methoxy groups -OCH3 is 1. The Bertz CT molecular complexity index is 1190. The molecule has 0 atom stereocenters. The van der Waals surface area contributed by atoms with E-state index in [-0.39, 0.29) is 6.10 Å². The van der Waals surface area contributed by atoms with Gasteiger partial charge < -0.3 is 14.2 Å². The van der Waals surface area contributed by atoms with Gasteiger partial charge in [0.2, 0.25) is 0 Å². The summed E-state index contributed by atoms with van der Waals surface area (Å²) < 4.78 is 17.3. The highest BCUT2D eigenvalue weighted by Gasteiger charge is 2.20. The van der Waals surface area contributed by atoms with Crippen molar-refractivity contribution < 1.29 is 19.0 Å². The maximum Gasteiger partial charge on any atom is 0.412 e. The van der Waals surface area contributed by atoms with Gasteiger partial charge in [0.25, 0.3) is 0 Å². The number of ether oxygens (including phenoxy) is 3. The van der Waals surface area contributed by atoms with E-state index in [9.17, 15) is 4.79 Å². The lowest BCUT2D eigenvalue weighted by atomic mass is 9.95. The molecular formula is C30H34N2O4. The average molecular weight is 487 g/mol. The van der Waals surface area contributed by atoms with Crippen LogP contribution >= 0.6 is 0 Å². The molecular weight excluding hydrogens is 452 g/mol. The Labute approximate surface area is 213 Å². The zero-order valence-corrected chi connectivity index (χ0v) is 21.4. The molecule has 36 heavy (non-hydrogen) atoms. The van der Waals surface area contributed by atoms with E-state index < -0.39 is 11.7 Å². The molecule has 6 heteroatoms. The van der Waals surface area contributed by atoms with E-state index in [2.05, 4.69) is 22.4 Å². The standard InChI is InChI=1S/C30H34N2O4/c1-30(2,3)36-29(33)32-24-12-9-22(10-13-24)26(19-21-15-17-31-18-16-21)23-11-14-27(34-4)28(20-23)35-25-7-5-6-8-25/h9-20,25H,5-8H2,1-4H3,(H,32,33). The largest absolute Gasteiger partial charge is 0.493 e. The predicted molar refractivity (Wildman–Crippen MR) is 143 cm³/mol. The van der Waals surface area contributed by atoms with Crippen LogP contribution in [0.3, 0.4) is 0 Å². The second kappa shape index (κ2) is 11.3. The molecule has 0 aliphatic heterocycles. The fraction of sp³-hybridized carbons (Fsp3) is 0.333. The van der Waals surface area contributed by atoms with Gasteiger partial charge in [0.15, 0.2) is 11.5 Å². The second-order valence-corrected chi connectivity index (χ2v) is 9.93. The number of amides is 1. The summed E-state index contributed by atoms with van der Waals surface area (Å²) in [7, 11) is 1.67. The zero-order chi connectivity index (χ0) is 25.5. The zero-order valence-electron chi connectivity index (χ0n) is 21.4. The third-order valence-electron chi connectivity index (χ3n) is 5.93. The molecule has 0 bridgehead atoms. The molecule has 0 saturated heterocycles. The Kier molecular flexibility index (Phi) is 7.93.